The van der Waals surface area contributed by atoms with Crippen LogP contribution in [-0.2, 0) is 24.0 Å². The summed E-state index contributed by atoms with van der Waals surface area (Å²) in [5.41, 5.74) is 4.02. The van der Waals surface area contributed by atoms with Gasteiger partial charge in [0.05, 0.1) is 12.1 Å². The second-order valence-corrected chi connectivity index (χ2v) is 15.6. The molecule has 3 aliphatic rings. The van der Waals surface area contributed by atoms with Crippen LogP contribution in [0.3, 0.4) is 0 Å². The number of carbonyl (C=O) groups excluding carboxylic acids is 6. The number of Topliss-reactive ketones (excluding diaryl/α,β-unsaturated/α-hetero) is 1. The predicted octanol–water partition coefficient (Wildman–Crippen LogP) is 1.42. The number of ketones is 1. The van der Waals surface area contributed by atoms with E-state index in [0.717, 1.165) is 12.8 Å². The second kappa shape index (κ2) is 12.1. The van der Waals surface area contributed by atoms with E-state index in [9.17, 15) is 28.8 Å². The van der Waals surface area contributed by atoms with E-state index >= 15 is 0 Å². The summed E-state index contributed by atoms with van der Waals surface area (Å²) in [6, 6.07) is -3.80. The molecule has 242 valence electrons. The maximum Gasteiger partial charge on any atom is 0.315 e. The number of rotatable bonds is 11. The van der Waals surface area contributed by atoms with E-state index in [-0.39, 0.29) is 40.4 Å². The molecular formula is C31H52N6O6. The predicted molar refractivity (Wildman–Crippen MR) is 161 cm³/mol. The van der Waals surface area contributed by atoms with Crippen LogP contribution in [0, 0.1) is 34.0 Å². The van der Waals surface area contributed by atoms with Crippen molar-refractivity contribution < 1.29 is 28.8 Å². The van der Waals surface area contributed by atoms with Gasteiger partial charge in [-0.25, -0.2) is 4.79 Å². The van der Waals surface area contributed by atoms with E-state index < -0.39 is 53.2 Å². The van der Waals surface area contributed by atoms with Crippen molar-refractivity contribution in [2.45, 2.75) is 106 Å². The Bertz CT molecular complexity index is 1150. The van der Waals surface area contributed by atoms with Crippen molar-refractivity contribution >= 4 is 35.4 Å². The molecule has 43 heavy (non-hydrogen) atoms. The van der Waals surface area contributed by atoms with Crippen LogP contribution in [0.4, 0.5) is 4.79 Å². The SMILES string of the molecule is CC(=O)N(C)C[C@@H](NC(=O)N[C@H](C(=O)N1C[C@H]2[C@@H]([C@H]1C(=O)NC(CC1CC1)C(=O)C(N)=O)C2(C)C)C(C)(C)C)C(C)(C)C. The number of hydrogen-bond acceptors (Lipinski definition) is 6. The Kier molecular flexibility index (Phi) is 9.63. The van der Waals surface area contributed by atoms with Gasteiger partial charge in [-0.3, -0.25) is 24.0 Å². The molecule has 2 saturated carbocycles. The lowest BCUT2D eigenvalue weighted by molar-refractivity contribution is -0.145. The quantitative estimate of drug-likeness (QED) is 0.260. The topological polar surface area (TPSA) is 171 Å². The third-order valence-corrected chi connectivity index (χ3v) is 9.64. The van der Waals surface area contributed by atoms with E-state index in [1.807, 2.05) is 41.5 Å². The summed E-state index contributed by atoms with van der Waals surface area (Å²) < 4.78 is 0. The van der Waals surface area contributed by atoms with Gasteiger partial charge in [-0.2, -0.15) is 0 Å². The number of carbonyl (C=O) groups is 6. The molecule has 12 nitrogen and oxygen atoms in total. The van der Waals surface area contributed by atoms with Crippen molar-refractivity contribution in [3.8, 4) is 0 Å². The zero-order chi connectivity index (χ0) is 32.8. The highest BCUT2D eigenvalue weighted by Crippen LogP contribution is 2.65. The Morgan fingerprint density at radius 2 is 1.53 bits per heavy atom. The molecule has 0 radical (unpaired) electrons. The normalized spacial score (nSPS) is 24.6. The highest BCUT2D eigenvalue weighted by atomic mass is 16.2. The Morgan fingerprint density at radius 3 is 2.00 bits per heavy atom. The molecule has 0 bridgehead atoms. The summed E-state index contributed by atoms with van der Waals surface area (Å²) in [5.74, 6) is -2.72. The van der Waals surface area contributed by atoms with Crippen LogP contribution < -0.4 is 21.7 Å². The van der Waals surface area contributed by atoms with Gasteiger partial charge in [0, 0.05) is 27.1 Å². The monoisotopic (exact) mass is 604 g/mol. The Morgan fingerprint density at radius 1 is 0.953 bits per heavy atom. The Hall–Kier alpha value is -3.18. The number of piperidine rings is 1. The molecule has 0 aromatic heterocycles. The van der Waals surface area contributed by atoms with Crippen molar-refractivity contribution in [1.82, 2.24) is 25.8 Å². The lowest BCUT2D eigenvalue weighted by Gasteiger charge is -2.39. The number of nitrogens with one attached hydrogen (secondary N) is 3. The largest absolute Gasteiger partial charge is 0.363 e. The lowest BCUT2D eigenvalue weighted by Crippen LogP contribution is -2.62. The fourth-order valence-corrected chi connectivity index (χ4v) is 6.24. The number of fused-ring (bicyclic) bond motifs is 1. The van der Waals surface area contributed by atoms with Gasteiger partial charge in [-0.1, -0.05) is 68.2 Å². The van der Waals surface area contributed by atoms with Crippen LogP contribution in [-0.4, -0.2) is 89.5 Å². The van der Waals surface area contributed by atoms with Gasteiger partial charge in [0.1, 0.15) is 12.1 Å². The number of nitrogens with two attached hydrogens (primary N) is 1. The van der Waals surface area contributed by atoms with E-state index in [4.69, 9.17) is 5.73 Å². The van der Waals surface area contributed by atoms with E-state index in [0.29, 0.717) is 19.5 Å². The molecule has 0 spiro atoms. The first-order valence-electron chi connectivity index (χ1n) is 15.3. The smallest absolute Gasteiger partial charge is 0.315 e. The average Bonchev–Trinajstić information content (AvgIpc) is 3.71. The zero-order valence-electron chi connectivity index (χ0n) is 27.5. The molecule has 12 heteroatoms. The second-order valence-electron chi connectivity index (χ2n) is 15.6. The fourth-order valence-electron chi connectivity index (χ4n) is 6.24. The third-order valence-electron chi connectivity index (χ3n) is 9.64. The Labute approximate surface area is 255 Å². The molecular weight excluding hydrogens is 552 g/mol. The van der Waals surface area contributed by atoms with Crippen molar-refractivity contribution in [2.24, 2.45) is 39.7 Å². The van der Waals surface area contributed by atoms with Gasteiger partial charge < -0.3 is 31.5 Å². The summed E-state index contributed by atoms with van der Waals surface area (Å²) >= 11 is 0. The third kappa shape index (κ3) is 7.86. The standard InChI is InChI=1S/C31H52N6O6/c1-16(38)36(10)15-20(29(2,3)4)34-28(43)35-24(30(5,6)7)27(42)37-14-18-21(31(18,8)9)22(37)26(41)33-19(13-17-11-12-17)23(39)25(32)40/h17-22,24H,11-15H2,1-10H3,(H2,32,40)(H,33,41)(H2,34,35,43)/t18-,19?,20+,21-,22-,24+/m0/s1. The minimum atomic E-state index is -1.10. The summed E-state index contributed by atoms with van der Waals surface area (Å²) in [4.78, 5) is 80.6. The molecule has 0 aromatic carbocycles. The number of urea groups is 1. The maximum absolute atomic E-state index is 14.2. The van der Waals surface area contributed by atoms with Crippen LogP contribution in [0.1, 0.15) is 81.6 Å². The first-order chi connectivity index (χ1) is 19.6. The zero-order valence-corrected chi connectivity index (χ0v) is 27.5. The molecule has 5 N–H and O–H groups in total. The first-order valence-corrected chi connectivity index (χ1v) is 15.3. The molecule has 1 unspecified atom stereocenters. The number of hydrogen-bond donors (Lipinski definition) is 4. The molecule has 3 rings (SSSR count). The fraction of sp³-hybridized carbons (Fsp3) is 0.806. The van der Waals surface area contributed by atoms with Crippen LogP contribution in [0.25, 0.3) is 0 Å². The van der Waals surface area contributed by atoms with E-state index in [2.05, 4.69) is 29.8 Å². The van der Waals surface area contributed by atoms with E-state index in [1.165, 1.54) is 16.7 Å². The number of likely N-dealkylation sites (tertiary alicyclic amines) is 1. The minimum absolute atomic E-state index is 0.0859. The number of nitrogens with zero attached hydrogens (tertiary/aromatic N) is 2. The van der Waals surface area contributed by atoms with Crippen molar-refractivity contribution in [3.05, 3.63) is 0 Å². The van der Waals surface area contributed by atoms with Crippen LogP contribution >= 0.6 is 0 Å². The molecule has 6 amide bonds. The molecule has 0 aromatic rings. The van der Waals surface area contributed by atoms with Crippen molar-refractivity contribution in [1.29, 1.82) is 0 Å². The average molecular weight is 605 g/mol. The number of amides is 6. The number of likely N-dealkylation sites (N-methyl/N-ethyl adjacent to an activating group) is 1. The lowest BCUT2D eigenvalue weighted by atomic mass is 9.85. The van der Waals surface area contributed by atoms with Crippen LogP contribution in [0.2, 0.25) is 0 Å². The Balaban J connectivity index is 1.82. The molecule has 2 aliphatic carbocycles. The van der Waals surface area contributed by atoms with Crippen molar-refractivity contribution in [2.75, 3.05) is 20.1 Å². The maximum atomic E-state index is 14.2. The van der Waals surface area contributed by atoms with Gasteiger partial charge in [0.25, 0.3) is 5.91 Å². The highest BCUT2D eigenvalue weighted by Gasteiger charge is 2.70. The van der Waals surface area contributed by atoms with E-state index in [1.54, 1.807) is 7.05 Å². The summed E-state index contributed by atoms with van der Waals surface area (Å²) in [6.45, 7) is 17.6. The minimum Gasteiger partial charge on any atom is -0.363 e. The van der Waals surface area contributed by atoms with Crippen LogP contribution in [0.5, 0.6) is 0 Å². The van der Waals surface area contributed by atoms with Gasteiger partial charge >= 0.3 is 6.03 Å². The summed E-state index contributed by atoms with van der Waals surface area (Å²) in [5, 5.41) is 8.58. The van der Waals surface area contributed by atoms with Gasteiger partial charge in [-0.15, -0.1) is 0 Å². The molecule has 6 atom stereocenters. The molecule has 3 fully saturated rings. The van der Waals surface area contributed by atoms with Crippen molar-refractivity contribution in [3.63, 3.8) is 0 Å². The number of primary amides is 1. The first kappa shape index (κ1) is 34.3. The van der Waals surface area contributed by atoms with Gasteiger partial charge in [-0.05, 0) is 40.4 Å². The molecule has 1 heterocycles. The summed E-state index contributed by atoms with van der Waals surface area (Å²) in [7, 11) is 1.67. The molecule has 1 aliphatic heterocycles. The summed E-state index contributed by atoms with van der Waals surface area (Å²) in [6.07, 6.45) is 2.18. The van der Waals surface area contributed by atoms with Gasteiger partial charge in [0.2, 0.25) is 23.5 Å². The van der Waals surface area contributed by atoms with Gasteiger partial charge in [0.15, 0.2) is 0 Å². The highest BCUT2D eigenvalue weighted by molar-refractivity contribution is 6.37. The van der Waals surface area contributed by atoms with Crippen LogP contribution in [0.15, 0.2) is 0 Å². The molecule has 1 saturated heterocycles.